The van der Waals surface area contributed by atoms with Crippen LogP contribution in [-0.2, 0) is 18.6 Å². The molecule has 5 nitrogen and oxygen atoms in total. The molecular weight excluding hydrogens is 244 g/mol. The maximum atomic E-state index is 5.87. The highest BCUT2D eigenvalue weighted by atomic mass is 16.7. The summed E-state index contributed by atoms with van der Waals surface area (Å²) in [7, 11) is -1.06. The standard InChI is InChI=1S/C12H25B2NO4/c1-9(2)10(3,4)17-13(16-9)15-14-18-11(5,6)12(7,8)19-14/h15H,1-8H3. The van der Waals surface area contributed by atoms with Gasteiger partial charge in [-0.15, -0.1) is 0 Å². The van der Waals surface area contributed by atoms with Gasteiger partial charge in [-0.2, -0.15) is 0 Å². The molecule has 0 atom stereocenters. The van der Waals surface area contributed by atoms with Crippen molar-refractivity contribution in [3.63, 3.8) is 0 Å². The number of hydrogen-bond donors (Lipinski definition) is 1. The van der Waals surface area contributed by atoms with Crippen molar-refractivity contribution in [2.45, 2.75) is 77.8 Å². The molecule has 7 heteroatoms. The highest BCUT2D eigenvalue weighted by Crippen LogP contribution is 2.38. The molecule has 2 aliphatic heterocycles. The number of rotatable bonds is 2. The summed E-state index contributed by atoms with van der Waals surface area (Å²) < 4.78 is 23.5. The van der Waals surface area contributed by atoms with Gasteiger partial charge in [0.2, 0.25) is 0 Å². The van der Waals surface area contributed by atoms with Gasteiger partial charge in [0, 0.05) is 0 Å². The predicted molar refractivity (Wildman–Crippen MR) is 75.3 cm³/mol. The monoisotopic (exact) mass is 269 g/mol. The fraction of sp³-hybridized carbons (Fsp3) is 1.00. The zero-order valence-electron chi connectivity index (χ0n) is 13.3. The Balaban J connectivity index is 1.99. The van der Waals surface area contributed by atoms with Crippen LogP contribution in [0, 0.1) is 0 Å². The Morgan fingerprint density at radius 2 is 0.737 bits per heavy atom. The Bertz CT molecular complexity index is 305. The van der Waals surface area contributed by atoms with E-state index >= 15 is 0 Å². The summed E-state index contributed by atoms with van der Waals surface area (Å²) in [6, 6.07) is 0. The molecular formula is C12H25B2NO4. The minimum Gasteiger partial charge on any atom is -0.390 e. The highest BCUT2D eigenvalue weighted by Gasteiger charge is 2.57. The Morgan fingerprint density at radius 1 is 0.526 bits per heavy atom. The van der Waals surface area contributed by atoms with Crippen molar-refractivity contribution < 1.29 is 18.6 Å². The van der Waals surface area contributed by atoms with Gasteiger partial charge in [-0.05, 0) is 55.4 Å². The van der Waals surface area contributed by atoms with Gasteiger partial charge >= 0.3 is 14.5 Å². The Morgan fingerprint density at radius 3 is 0.947 bits per heavy atom. The third kappa shape index (κ3) is 2.59. The molecule has 0 aromatic carbocycles. The van der Waals surface area contributed by atoms with Gasteiger partial charge in [-0.1, -0.05) is 0 Å². The lowest BCUT2D eigenvalue weighted by Crippen LogP contribution is -2.49. The first-order valence-electron chi connectivity index (χ1n) is 6.84. The topological polar surface area (TPSA) is 49.0 Å². The zero-order chi connectivity index (χ0) is 14.7. The van der Waals surface area contributed by atoms with E-state index in [4.69, 9.17) is 18.6 Å². The van der Waals surface area contributed by atoms with E-state index in [-0.39, 0.29) is 22.4 Å². The molecule has 0 aromatic heterocycles. The first-order valence-corrected chi connectivity index (χ1v) is 6.84. The molecule has 0 unspecified atom stereocenters. The predicted octanol–water partition coefficient (Wildman–Crippen LogP) is 1.75. The molecule has 108 valence electrons. The molecule has 2 rings (SSSR count). The summed E-state index contributed by atoms with van der Waals surface area (Å²) >= 11 is 0. The Kier molecular flexibility index (Phi) is 3.40. The second-order valence-electron chi connectivity index (χ2n) is 7.34. The number of nitrogens with one attached hydrogen (secondary N) is 1. The molecule has 0 aromatic rings. The van der Waals surface area contributed by atoms with E-state index in [1.165, 1.54) is 0 Å². The van der Waals surface area contributed by atoms with Crippen molar-refractivity contribution in [3.05, 3.63) is 0 Å². The summed E-state index contributed by atoms with van der Waals surface area (Å²) in [5, 5.41) is 3.11. The van der Waals surface area contributed by atoms with E-state index in [9.17, 15) is 0 Å². The Labute approximate surface area is 117 Å². The number of hydrogen-bond acceptors (Lipinski definition) is 5. The molecule has 2 saturated heterocycles. The first kappa shape index (κ1) is 15.3. The van der Waals surface area contributed by atoms with Gasteiger partial charge in [-0.3, -0.25) is 5.14 Å². The largest absolute Gasteiger partial charge is 0.548 e. The molecule has 0 radical (unpaired) electrons. The van der Waals surface area contributed by atoms with Crippen LogP contribution in [-0.4, -0.2) is 36.9 Å². The van der Waals surface area contributed by atoms with Crippen LogP contribution in [0.2, 0.25) is 0 Å². The van der Waals surface area contributed by atoms with E-state index < -0.39 is 14.5 Å². The summed E-state index contributed by atoms with van der Waals surface area (Å²) in [4.78, 5) is 0. The van der Waals surface area contributed by atoms with Crippen LogP contribution in [0.5, 0.6) is 0 Å². The molecule has 0 saturated carbocycles. The average Bonchev–Trinajstić information content (AvgIpc) is 2.42. The molecule has 0 aliphatic carbocycles. The normalized spacial score (nSPS) is 30.9. The molecule has 0 bridgehead atoms. The highest BCUT2D eigenvalue weighted by molar-refractivity contribution is 6.60. The Hall–Kier alpha value is -0.0701. The molecule has 2 heterocycles. The molecule has 2 aliphatic rings. The quantitative estimate of drug-likeness (QED) is 0.774. The van der Waals surface area contributed by atoms with Gasteiger partial charge in [-0.25, -0.2) is 0 Å². The van der Waals surface area contributed by atoms with Gasteiger partial charge < -0.3 is 18.6 Å². The van der Waals surface area contributed by atoms with E-state index in [2.05, 4.69) is 5.14 Å². The lowest BCUT2D eigenvalue weighted by Gasteiger charge is -2.32. The second-order valence-corrected chi connectivity index (χ2v) is 7.34. The average molecular weight is 269 g/mol. The summed E-state index contributed by atoms with van der Waals surface area (Å²) in [6.07, 6.45) is 0. The van der Waals surface area contributed by atoms with E-state index in [0.717, 1.165) is 0 Å². The summed E-state index contributed by atoms with van der Waals surface area (Å²) in [6.45, 7) is 16.1. The van der Waals surface area contributed by atoms with E-state index in [1.54, 1.807) is 0 Å². The minimum absolute atomic E-state index is 0.367. The maximum absolute atomic E-state index is 5.87. The summed E-state index contributed by atoms with van der Waals surface area (Å²) in [5.74, 6) is 0. The van der Waals surface area contributed by atoms with Crippen molar-refractivity contribution in [1.82, 2.24) is 5.14 Å². The van der Waals surface area contributed by atoms with Crippen LogP contribution in [0.3, 0.4) is 0 Å². The van der Waals surface area contributed by atoms with Crippen molar-refractivity contribution >= 4 is 14.5 Å². The third-order valence-electron chi connectivity index (χ3n) is 4.78. The SMILES string of the molecule is CC1(C)OB(NB2OC(C)(C)C(C)(C)O2)OC1(C)C. The maximum Gasteiger partial charge on any atom is 0.548 e. The van der Waals surface area contributed by atoms with Crippen molar-refractivity contribution in [1.29, 1.82) is 0 Å². The van der Waals surface area contributed by atoms with Crippen molar-refractivity contribution in [3.8, 4) is 0 Å². The van der Waals surface area contributed by atoms with Crippen LogP contribution in [0.25, 0.3) is 0 Å². The molecule has 2 fully saturated rings. The third-order valence-corrected chi connectivity index (χ3v) is 4.78. The molecule has 0 amide bonds. The van der Waals surface area contributed by atoms with Crippen molar-refractivity contribution in [2.75, 3.05) is 0 Å². The lowest BCUT2D eigenvalue weighted by atomic mass is 9.90. The van der Waals surface area contributed by atoms with Crippen LogP contribution >= 0.6 is 0 Å². The minimum atomic E-state index is -0.528. The van der Waals surface area contributed by atoms with Gasteiger partial charge in [0.1, 0.15) is 0 Å². The molecule has 1 N–H and O–H groups in total. The second kappa shape index (κ2) is 4.21. The van der Waals surface area contributed by atoms with Crippen LogP contribution in [0.4, 0.5) is 0 Å². The fourth-order valence-electron chi connectivity index (χ4n) is 1.93. The summed E-state index contributed by atoms with van der Waals surface area (Å²) in [5.41, 5.74) is -1.47. The van der Waals surface area contributed by atoms with E-state index in [0.29, 0.717) is 0 Å². The molecule has 0 spiro atoms. The van der Waals surface area contributed by atoms with Crippen molar-refractivity contribution in [2.24, 2.45) is 0 Å². The van der Waals surface area contributed by atoms with Crippen LogP contribution < -0.4 is 5.14 Å². The van der Waals surface area contributed by atoms with Crippen LogP contribution in [0.15, 0.2) is 0 Å². The van der Waals surface area contributed by atoms with E-state index in [1.807, 2.05) is 55.4 Å². The van der Waals surface area contributed by atoms with Gasteiger partial charge in [0.05, 0.1) is 22.4 Å². The fourth-order valence-corrected chi connectivity index (χ4v) is 1.93. The van der Waals surface area contributed by atoms with Crippen LogP contribution in [0.1, 0.15) is 55.4 Å². The first-order chi connectivity index (χ1) is 8.36. The van der Waals surface area contributed by atoms with Gasteiger partial charge in [0.25, 0.3) is 0 Å². The smallest absolute Gasteiger partial charge is 0.390 e. The lowest BCUT2D eigenvalue weighted by molar-refractivity contribution is 0.00578. The zero-order valence-corrected chi connectivity index (χ0v) is 13.3. The van der Waals surface area contributed by atoms with Gasteiger partial charge in [0.15, 0.2) is 0 Å². The molecule has 19 heavy (non-hydrogen) atoms.